The van der Waals surface area contributed by atoms with E-state index in [1.165, 1.54) is 69.8 Å². The van der Waals surface area contributed by atoms with Gasteiger partial charge in [-0.05, 0) is 74.0 Å². The lowest BCUT2D eigenvalue weighted by Crippen LogP contribution is -2.55. The van der Waals surface area contributed by atoms with E-state index in [1.807, 2.05) is 12.2 Å². The summed E-state index contributed by atoms with van der Waals surface area (Å²) in [5, 5.41) is 0. The van der Waals surface area contributed by atoms with Gasteiger partial charge in [-0.15, -0.1) is 0 Å². The summed E-state index contributed by atoms with van der Waals surface area (Å²) in [5.41, 5.74) is 1.57. The van der Waals surface area contributed by atoms with E-state index in [-0.39, 0.29) is 11.3 Å². The monoisotopic (exact) mass is 422 g/mol. The van der Waals surface area contributed by atoms with Gasteiger partial charge in [-0.1, -0.05) is 94.9 Å². The third kappa shape index (κ3) is 4.44. The van der Waals surface area contributed by atoms with Crippen LogP contribution in [0.2, 0.25) is 0 Å². The molecule has 0 N–H and O–H groups in total. The highest BCUT2D eigenvalue weighted by Gasteiger charge is 2.60. The smallest absolute Gasteiger partial charge is 0.145 e. The molecule has 2 unspecified atom stereocenters. The minimum absolute atomic E-state index is 0.146. The molecule has 0 nitrogen and oxygen atoms in total. The molecule has 1 aromatic rings. The SMILES string of the molecule is CCCCCCCCC12CCC(C3(F)C=CC=CC3c3ccc(CC)cc3)(CC1)CC2. The second-order valence-corrected chi connectivity index (χ2v) is 10.9. The molecule has 0 saturated heterocycles. The van der Waals surface area contributed by atoms with E-state index in [2.05, 4.69) is 50.3 Å². The second kappa shape index (κ2) is 9.63. The number of hydrogen-bond donors (Lipinski definition) is 0. The number of hydrogen-bond acceptors (Lipinski definition) is 0. The van der Waals surface area contributed by atoms with E-state index in [4.69, 9.17) is 0 Å². The van der Waals surface area contributed by atoms with Crippen molar-refractivity contribution in [3.05, 3.63) is 59.7 Å². The summed E-state index contributed by atoms with van der Waals surface area (Å²) in [6, 6.07) is 8.72. The number of alkyl halides is 1. The van der Waals surface area contributed by atoms with Crippen LogP contribution in [-0.2, 0) is 6.42 Å². The molecule has 2 bridgehead atoms. The van der Waals surface area contributed by atoms with Gasteiger partial charge >= 0.3 is 0 Å². The number of rotatable bonds is 10. The van der Waals surface area contributed by atoms with Crippen LogP contribution in [0.15, 0.2) is 48.6 Å². The van der Waals surface area contributed by atoms with E-state index in [0.29, 0.717) is 5.41 Å². The molecule has 0 radical (unpaired) electrons. The van der Waals surface area contributed by atoms with Crippen molar-refractivity contribution >= 4 is 0 Å². The van der Waals surface area contributed by atoms with Crippen molar-refractivity contribution in [3.8, 4) is 0 Å². The van der Waals surface area contributed by atoms with E-state index < -0.39 is 5.67 Å². The summed E-state index contributed by atoms with van der Waals surface area (Å²) in [6.45, 7) is 4.47. The van der Waals surface area contributed by atoms with Gasteiger partial charge in [-0.3, -0.25) is 0 Å². The van der Waals surface area contributed by atoms with Gasteiger partial charge < -0.3 is 0 Å². The van der Waals surface area contributed by atoms with Crippen molar-refractivity contribution in [1.29, 1.82) is 0 Å². The number of allylic oxidation sites excluding steroid dienone is 4. The minimum Gasteiger partial charge on any atom is -0.238 e. The molecule has 3 saturated carbocycles. The van der Waals surface area contributed by atoms with Crippen LogP contribution in [0.3, 0.4) is 0 Å². The summed E-state index contributed by atoms with van der Waals surface area (Å²) >= 11 is 0. The van der Waals surface area contributed by atoms with Crippen LogP contribution in [0.4, 0.5) is 4.39 Å². The molecule has 1 aromatic carbocycles. The van der Waals surface area contributed by atoms with Gasteiger partial charge in [0.2, 0.25) is 0 Å². The van der Waals surface area contributed by atoms with Crippen molar-refractivity contribution in [2.45, 2.75) is 115 Å². The first-order chi connectivity index (χ1) is 15.1. The van der Waals surface area contributed by atoms with E-state index in [9.17, 15) is 0 Å². The Morgan fingerprint density at radius 3 is 2.10 bits per heavy atom. The minimum atomic E-state index is -1.25. The highest BCUT2D eigenvalue weighted by atomic mass is 19.1. The Balaban J connectivity index is 1.43. The molecule has 0 aromatic heterocycles. The van der Waals surface area contributed by atoms with Crippen LogP contribution >= 0.6 is 0 Å². The zero-order valence-corrected chi connectivity index (χ0v) is 20.0. The summed E-state index contributed by atoms with van der Waals surface area (Å²) in [6.07, 6.45) is 25.7. The number of fused-ring (bicyclic) bond motifs is 3. The van der Waals surface area contributed by atoms with Crippen molar-refractivity contribution < 1.29 is 4.39 Å². The molecule has 0 aliphatic heterocycles. The van der Waals surface area contributed by atoms with Crippen LogP contribution in [0.25, 0.3) is 0 Å². The highest BCUT2D eigenvalue weighted by molar-refractivity contribution is 5.39. The Morgan fingerprint density at radius 1 is 0.806 bits per heavy atom. The first-order valence-electron chi connectivity index (χ1n) is 13.2. The topological polar surface area (TPSA) is 0 Å². The summed E-state index contributed by atoms with van der Waals surface area (Å²) in [4.78, 5) is 0. The van der Waals surface area contributed by atoms with Crippen molar-refractivity contribution in [3.63, 3.8) is 0 Å². The quantitative estimate of drug-likeness (QED) is 0.329. The Morgan fingerprint density at radius 2 is 1.45 bits per heavy atom. The first kappa shape index (κ1) is 22.8. The standard InChI is InChI=1S/C30H43F/c1-3-5-6-7-8-10-17-28-19-22-29(23-20-28,24-21-28)30(31)18-11-9-12-27(30)26-15-13-25(4-2)14-16-26/h9,11-16,18,27H,3-8,10,17,19-24H2,1-2H3. The Bertz CT molecular complexity index is 746. The average Bonchev–Trinajstić information content (AvgIpc) is 2.83. The molecule has 1 heteroatoms. The van der Waals surface area contributed by atoms with Gasteiger partial charge in [0.15, 0.2) is 0 Å². The van der Waals surface area contributed by atoms with Gasteiger partial charge in [0.1, 0.15) is 5.67 Å². The van der Waals surface area contributed by atoms with Crippen molar-refractivity contribution in [1.82, 2.24) is 0 Å². The van der Waals surface area contributed by atoms with Crippen molar-refractivity contribution in [2.24, 2.45) is 10.8 Å². The van der Waals surface area contributed by atoms with Crippen LogP contribution < -0.4 is 0 Å². The summed E-state index contributed by atoms with van der Waals surface area (Å²) < 4.78 is 17.1. The number of aryl methyl sites for hydroxylation is 1. The molecule has 5 rings (SSSR count). The summed E-state index contributed by atoms with van der Waals surface area (Å²) in [7, 11) is 0. The van der Waals surface area contributed by atoms with Crippen molar-refractivity contribution in [2.75, 3.05) is 0 Å². The van der Waals surface area contributed by atoms with Gasteiger partial charge in [0, 0.05) is 11.3 Å². The summed E-state index contributed by atoms with van der Waals surface area (Å²) in [5.74, 6) is -0.146. The average molecular weight is 423 g/mol. The third-order valence-electron chi connectivity index (χ3n) is 9.23. The van der Waals surface area contributed by atoms with E-state index in [1.54, 1.807) is 0 Å². The maximum Gasteiger partial charge on any atom is 0.145 e. The molecule has 4 aliphatic carbocycles. The van der Waals surface area contributed by atoms with Gasteiger partial charge in [-0.25, -0.2) is 4.39 Å². The van der Waals surface area contributed by atoms with Crippen LogP contribution in [0.5, 0.6) is 0 Å². The maximum absolute atomic E-state index is 17.1. The lowest BCUT2D eigenvalue weighted by molar-refractivity contribution is -0.101. The van der Waals surface area contributed by atoms with E-state index in [0.717, 1.165) is 31.2 Å². The third-order valence-corrected chi connectivity index (χ3v) is 9.23. The molecule has 2 atom stereocenters. The predicted molar refractivity (Wildman–Crippen MR) is 131 cm³/mol. The molecular formula is C30H43F. The first-order valence-corrected chi connectivity index (χ1v) is 13.2. The van der Waals surface area contributed by atoms with Gasteiger partial charge in [-0.2, -0.15) is 0 Å². The van der Waals surface area contributed by atoms with Crippen LogP contribution in [0, 0.1) is 10.8 Å². The Kier molecular flexibility index (Phi) is 7.09. The van der Waals surface area contributed by atoms with Gasteiger partial charge in [0.25, 0.3) is 0 Å². The highest BCUT2D eigenvalue weighted by Crippen LogP contribution is 2.66. The Labute approximate surface area is 190 Å². The molecule has 0 amide bonds. The molecule has 0 heterocycles. The van der Waals surface area contributed by atoms with Crippen LogP contribution in [0.1, 0.15) is 114 Å². The molecule has 170 valence electrons. The number of benzene rings is 1. The largest absolute Gasteiger partial charge is 0.238 e. The normalized spacial score (nSPS) is 34.4. The molecular weight excluding hydrogens is 379 g/mol. The second-order valence-electron chi connectivity index (χ2n) is 10.9. The van der Waals surface area contributed by atoms with Crippen LogP contribution in [-0.4, -0.2) is 5.67 Å². The maximum atomic E-state index is 17.1. The predicted octanol–water partition coefficient (Wildman–Crippen LogP) is 9.26. The zero-order chi connectivity index (χ0) is 21.8. The van der Waals surface area contributed by atoms with Gasteiger partial charge in [0.05, 0.1) is 0 Å². The fourth-order valence-electron chi connectivity index (χ4n) is 6.93. The molecule has 31 heavy (non-hydrogen) atoms. The fraction of sp³-hybridized carbons (Fsp3) is 0.667. The Hall–Kier alpha value is -1.37. The lowest BCUT2D eigenvalue weighted by Gasteiger charge is -2.59. The number of halogens is 1. The molecule has 4 aliphatic rings. The zero-order valence-electron chi connectivity index (χ0n) is 20.0. The molecule has 3 fully saturated rings. The molecule has 0 spiro atoms. The number of unbranched alkanes of at least 4 members (excludes halogenated alkanes) is 5. The van der Waals surface area contributed by atoms with E-state index >= 15 is 4.39 Å². The lowest BCUT2D eigenvalue weighted by atomic mass is 9.46. The fourth-order valence-corrected chi connectivity index (χ4v) is 6.93.